The SMILES string of the molecule is N#Cc1ccc2c(c1)CC(O)C(c1cccn(Cc3ccccc3)c1=O)O2. The number of nitrogens with zero attached hydrogens (tertiary/aromatic N) is 2. The van der Waals surface area contributed by atoms with Crippen LogP contribution in [0.5, 0.6) is 5.75 Å². The fourth-order valence-electron chi connectivity index (χ4n) is 3.42. The van der Waals surface area contributed by atoms with Crippen LogP contribution in [-0.4, -0.2) is 15.8 Å². The summed E-state index contributed by atoms with van der Waals surface area (Å²) in [5.74, 6) is 0.599. The van der Waals surface area contributed by atoms with Gasteiger partial charge in [0.1, 0.15) is 5.75 Å². The summed E-state index contributed by atoms with van der Waals surface area (Å²) < 4.78 is 7.56. The maximum Gasteiger partial charge on any atom is 0.257 e. The summed E-state index contributed by atoms with van der Waals surface area (Å²) >= 11 is 0. The first-order chi connectivity index (χ1) is 13.2. The predicted octanol–water partition coefficient (Wildman–Crippen LogP) is 2.81. The third-order valence-corrected chi connectivity index (χ3v) is 4.77. The lowest BCUT2D eigenvalue weighted by atomic mass is 9.94. The Bertz CT molecular complexity index is 1070. The molecule has 1 aliphatic rings. The zero-order chi connectivity index (χ0) is 18.8. The Kier molecular flexibility index (Phi) is 4.49. The lowest BCUT2D eigenvalue weighted by Crippen LogP contribution is -2.36. The average Bonchev–Trinajstić information content (AvgIpc) is 2.69. The summed E-state index contributed by atoms with van der Waals surface area (Å²) in [7, 11) is 0. The molecule has 1 aliphatic heterocycles. The Morgan fingerprint density at radius 2 is 1.96 bits per heavy atom. The molecule has 1 N–H and O–H groups in total. The van der Waals surface area contributed by atoms with Crippen molar-refractivity contribution in [2.24, 2.45) is 0 Å². The third-order valence-electron chi connectivity index (χ3n) is 4.77. The van der Waals surface area contributed by atoms with Gasteiger partial charge >= 0.3 is 0 Å². The Hall–Kier alpha value is -3.36. The highest BCUT2D eigenvalue weighted by Crippen LogP contribution is 2.34. The Labute approximate surface area is 156 Å². The van der Waals surface area contributed by atoms with Gasteiger partial charge in [0.15, 0.2) is 6.10 Å². The number of ether oxygens (including phenoxy) is 1. The second-order valence-corrected chi connectivity index (χ2v) is 6.63. The number of aliphatic hydroxyl groups is 1. The molecule has 1 aromatic heterocycles. The van der Waals surface area contributed by atoms with Crippen LogP contribution < -0.4 is 10.3 Å². The number of hydrogen-bond donors (Lipinski definition) is 1. The smallest absolute Gasteiger partial charge is 0.257 e. The molecule has 134 valence electrons. The van der Waals surface area contributed by atoms with E-state index < -0.39 is 12.2 Å². The number of pyridine rings is 1. The molecule has 5 nitrogen and oxygen atoms in total. The van der Waals surface area contributed by atoms with Gasteiger partial charge in [-0.3, -0.25) is 4.79 Å². The third kappa shape index (κ3) is 3.35. The molecule has 2 aromatic carbocycles. The highest BCUT2D eigenvalue weighted by atomic mass is 16.5. The molecule has 0 fully saturated rings. The van der Waals surface area contributed by atoms with Crippen LogP contribution in [0.15, 0.2) is 71.7 Å². The minimum absolute atomic E-state index is 0.178. The minimum atomic E-state index is -0.855. The molecule has 0 radical (unpaired) electrons. The summed E-state index contributed by atoms with van der Waals surface area (Å²) in [5, 5.41) is 19.6. The van der Waals surface area contributed by atoms with E-state index in [0.717, 1.165) is 11.1 Å². The van der Waals surface area contributed by atoms with Crippen molar-refractivity contribution in [2.75, 3.05) is 0 Å². The van der Waals surface area contributed by atoms with Gasteiger partial charge in [0.2, 0.25) is 0 Å². The lowest BCUT2D eigenvalue weighted by Gasteiger charge is -2.30. The van der Waals surface area contributed by atoms with E-state index in [-0.39, 0.29) is 5.56 Å². The van der Waals surface area contributed by atoms with E-state index in [1.165, 1.54) is 0 Å². The first-order valence-electron chi connectivity index (χ1n) is 8.77. The van der Waals surface area contributed by atoms with E-state index in [9.17, 15) is 9.90 Å². The van der Waals surface area contributed by atoms with Crippen LogP contribution in [0.4, 0.5) is 0 Å². The van der Waals surface area contributed by atoms with Crippen molar-refractivity contribution in [3.05, 3.63) is 99.5 Å². The molecule has 4 rings (SSSR count). The topological polar surface area (TPSA) is 75.2 Å². The van der Waals surface area contributed by atoms with Crippen molar-refractivity contribution in [2.45, 2.75) is 25.2 Å². The molecule has 2 heterocycles. The normalized spacial score (nSPS) is 18.2. The van der Waals surface area contributed by atoms with Gasteiger partial charge in [-0.05, 0) is 41.5 Å². The van der Waals surface area contributed by atoms with Crippen molar-refractivity contribution in [3.63, 3.8) is 0 Å². The first kappa shape index (κ1) is 17.1. The van der Waals surface area contributed by atoms with Crippen molar-refractivity contribution in [3.8, 4) is 11.8 Å². The number of rotatable bonds is 3. The largest absolute Gasteiger partial charge is 0.482 e. The summed E-state index contributed by atoms with van der Waals surface area (Å²) in [6.07, 6.45) is 0.483. The predicted molar refractivity (Wildman–Crippen MR) is 100 cm³/mol. The van der Waals surface area contributed by atoms with Gasteiger partial charge in [-0.2, -0.15) is 5.26 Å². The fourth-order valence-corrected chi connectivity index (χ4v) is 3.42. The number of aromatic nitrogens is 1. The van der Waals surface area contributed by atoms with Gasteiger partial charge in [-0.15, -0.1) is 0 Å². The number of nitriles is 1. The zero-order valence-corrected chi connectivity index (χ0v) is 14.6. The highest BCUT2D eigenvalue weighted by Gasteiger charge is 2.32. The molecule has 0 saturated heterocycles. The average molecular weight is 358 g/mol. The van der Waals surface area contributed by atoms with Crippen LogP contribution >= 0.6 is 0 Å². The standard InChI is InChI=1S/C22H18N2O3/c23-13-16-8-9-20-17(11-16)12-19(25)21(27-20)18-7-4-10-24(22(18)26)14-15-5-2-1-3-6-15/h1-11,19,21,25H,12,14H2. The van der Waals surface area contributed by atoms with Gasteiger partial charge in [-0.25, -0.2) is 0 Å². The zero-order valence-electron chi connectivity index (χ0n) is 14.6. The summed E-state index contributed by atoms with van der Waals surface area (Å²) in [4.78, 5) is 13.0. The van der Waals surface area contributed by atoms with Crippen molar-refractivity contribution >= 4 is 0 Å². The fraction of sp³-hybridized carbons (Fsp3) is 0.182. The van der Waals surface area contributed by atoms with Crippen LogP contribution in [0.2, 0.25) is 0 Å². The maximum absolute atomic E-state index is 13.0. The van der Waals surface area contributed by atoms with E-state index in [0.29, 0.717) is 29.8 Å². The van der Waals surface area contributed by atoms with Crippen LogP contribution in [0.3, 0.4) is 0 Å². The monoisotopic (exact) mass is 358 g/mol. The molecule has 5 heteroatoms. The molecule has 0 amide bonds. The van der Waals surface area contributed by atoms with Crippen LogP contribution in [0, 0.1) is 11.3 Å². The molecule has 0 bridgehead atoms. The number of aliphatic hydroxyl groups excluding tert-OH is 1. The quantitative estimate of drug-likeness (QED) is 0.781. The lowest BCUT2D eigenvalue weighted by molar-refractivity contribution is 0.0198. The molecular formula is C22H18N2O3. The summed E-state index contributed by atoms with van der Waals surface area (Å²) in [6.45, 7) is 0.457. The van der Waals surface area contributed by atoms with E-state index in [1.54, 1.807) is 41.1 Å². The molecule has 0 saturated carbocycles. The molecule has 2 atom stereocenters. The minimum Gasteiger partial charge on any atom is -0.482 e. The van der Waals surface area contributed by atoms with E-state index in [1.807, 2.05) is 30.3 Å². The highest BCUT2D eigenvalue weighted by molar-refractivity contribution is 5.44. The van der Waals surface area contributed by atoms with Crippen molar-refractivity contribution in [1.29, 1.82) is 5.26 Å². The van der Waals surface area contributed by atoms with Gasteiger partial charge in [-0.1, -0.05) is 30.3 Å². The Balaban J connectivity index is 1.66. The molecular weight excluding hydrogens is 340 g/mol. The second kappa shape index (κ2) is 7.10. The van der Waals surface area contributed by atoms with Gasteiger partial charge in [0, 0.05) is 12.6 Å². The number of fused-ring (bicyclic) bond motifs is 1. The molecule has 0 spiro atoms. The van der Waals surface area contributed by atoms with E-state index in [4.69, 9.17) is 10.00 Å². The van der Waals surface area contributed by atoms with E-state index in [2.05, 4.69) is 6.07 Å². The number of hydrogen-bond acceptors (Lipinski definition) is 4. The van der Waals surface area contributed by atoms with Crippen LogP contribution in [-0.2, 0) is 13.0 Å². The summed E-state index contributed by atoms with van der Waals surface area (Å²) in [5.41, 5.74) is 2.57. The van der Waals surface area contributed by atoms with E-state index >= 15 is 0 Å². The van der Waals surface area contributed by atoms with Gasteiger partial charge in [0.05, 0.1) is 29.8 Å². The summed E-state index contributed by atoms with van der Waals surface area (Å²) in [6, 6.07) is 20.4. The molecule has 0 aliphatic carbocycles. The first-order valence-corrected chi connectivity index (χ1v) is 8.77. The van der Waals surface area contributed by atoms with Crippen LogP contribution in [0.1, 0.15) is 28.4 Å². The molecule has 2 unspecified atom stereocenters. The van der Waals surface area contributed by atoms with Crippen LogP contribution in [0.25, 0.3) is 0 Å². The second-order valence-electron chi connectivity index (χ2n) is 6.63. The number of benzene rings is 2. The molecule has 3 aromatic rings. The van der Waals surface area contributed by atoms with Gasteiger partial charge in [0.25, 0.3) is 5.56 Å². The van der Waals surface area contributed by atoms with Gasteiger partial charge < -0.3 is 14.4 Å². The van der Waals surface area contributed by atoms with Crippen molar-refractivity contribution < 1.29 is 9.84 Å². The Morgan fingerprint density at radius 1 is 1.15 bits per heavy atom. The van der Waals surface area contributed by atoms with Crippen molar-refractivity contribution in [1.82, 2.24) is 4.57 Å². The maximum atomic E-state index is 13.0. The molecule has 27 heavy (non-hydrogen) atoms. The Morgan fingerprint density at radius 3 is 2.74 bits per heavy atom.